The Balaban J connectivity index is 1.36. The summed E-state index contributed by atoms with van der Waals surface area (Å²) < 4.78 is 27.2. The van der Waals surface area contributed by atoms with E-state index in [1.54, 1.807) is 6.20 Å². The van der Waals surface area contributed by atoms with Crippen LogP contribution in [-0.2, 0) is 13.1 Å². The summed E-state index contributed by atoms with van der Waals surface area (Å²) >= 11 is 0. The van der Waals surface area contributed by atoms with Gasteiger partial charge >= 0.3 is 0 Å². The van der Waals surface area contributed by atoms with Crippen LogP contribution in [-0.4, -0.2) is 34.2 Å². The van der Waals surface area contributed by atoms with Gasteiger partial charge in [0.2, 0.25) is 0 Å². The average Bonchev–Trinajstić information content (AvgIpc) is 3.30. The third-order valence-electron chi connectivity index (χ3n) is 5.02. The van der Waals surface area contributed by atoms with Gasteiger partial charge in [0, 0.05) is 49.4 Å². The first-order valence-corrected chi connectivity index (χ1v) is 9.16. The minimum absolute atomic E-state index is 0.336. The van der Waals surface area contributed by atoms with Crippen LogP contribution in [0.5, 0.6) is 0 Å². The van der Waals surface area contributed by atoms with Gasteiger partial charge in [-0.3, -0.25) is 10.00 Å². The third kappa shape index (κ3) is 4.23. The molecule has 0 aliphatic carbocycles. The van der Waals surface area contributed by atoms with Crippen LogP contribution < -0.4 is 5.32 Å². The average molecular weight is 368 g/mol. The van der Waals surface area contributed by atoms with E-state index in [-0.39, 0.29) is 0 Å². The standard InChI is InChI=1S/C21H22F2N4/c22-17-6-7-19(20(23)10-17)21-16(12-25-26-21)11-24-18-8-9-27(14-18)13-15-4-2-1-3-5-15/h1-7,10,12,18,24H,8-9,11,13-14H2,(H,25,26)/t18-/m1/s1. The number of rotatable bonds is 6. The van der Waals surface area contributed by atoms with E-state index in [0.717, 1.165) is 37.7 Å². The summed E-state index contributed by atoms with van der Waals surface area (Å²) in [5, 5.41) is 10.4. The molecule has 1 aliphatic heterocycles. The number of aromatic amines is 1. The van der Waals surface area contributed by atoms with E-state index in [1.165, 1.54) is 17.7 Å². The Morgan fingerprint density at radius 3 is 2.81 bits per heavy atom. The van der Waals surface area contributed by atoms with E-state index in [1.807, 2.05) is 6.07 Å². The lowest BCUT2D eigenvalue weighted by atomic mass is 10.1. The second-order valence-corrected chi connectivity index (χ2v) is 6.98. The topological polar surface area (TPSA) is 44.0 Å². The maximum Gasteiger partial charge on any atom is 0.135 e. The Morgan fingerprint density at radius 1 is 1.15 bits per heavy atom. The van der Waals surface area contributed by atoms with Crippen molar-refractivity contribution in [3.63, 3.8) is 0 Å². The molecule has 1 aliphatic rings. The van der Waals surface area contributed by atoms with Crippen molar-refractivity contribution in [2.24, 2.45) is 0 Å². The SMILES string of the molecule is Fc1ccc(-c2[nH]ncc2CN[C@@H]2CCN(Cc3ccccc3)C2)c(F)c1. The first kappa shape index (κ1) is 17.8. The number of hydrogen-bond donors (Lipinski definition) is 2. The fraction of sp³-hybridized carbons (Fsp3) is 0.286. The van der Waals surface area contributed by atoms with Crippen molar-refractivity contribution in [1.29, 1.82) is 0 Å². The smallest absolute Gasteiger partial charge is 0.135 e. The van der Waals surface area contributed by atoms with Gasteiger partial charge in [0.15, 0.2) is 0 Å². The summed E-state index contributed by atoms with van der Waals surface area (Å²) in [6.45, 7) is 3.58. The molecule has 1 saturated heterocycles. The lowest BCUT2D eigenvalue weighted by Gasteiger charge is -2.17. The maximum absolute atomic E-state index is 14.1. The van der Waals surface area contributed by atoms with Gasteiger partial charge in [-0.15, -0.1) is 0 Å². The van der Waals surface area contributed by atoms with Crippen molar-refractivity contribution in [3.05, 3.63) is 77.5 Å². The molecule has 1 aromatic heterocycles. The zero-order valence-corrected chi connectivity index (χ0v) is 15.0. The second kappa shape index (κ2) is 7.98. The molecule has 4 rings (SSSR count). The van der Waals surface area contributed by atoms with Gasteiger partial charge in [0.05, 0.1) is 11.9 Å². The van der Waals surface area contributed by atoms with Gasteiger partial charge in [-0.05, 0) is 24.1 Å². The van der Waals surface area contributed by atoms with Gasteiger partial charge in [-0.25, -0.2) is 8.78 Å². The van der Waals surface area contributed by atoms with E-state index in [0.29, 0.717) is 23.8 Å². The largest absolute Gasteiger partial charge is 0.308 e. The zero-order valence-electron chi connectivity index (χ0n) is 15.0. The van der Waals surface area contributed by atoms with Crippen molar-refractivity contribution in [2.75, 3.05) is 13.1 Å². The fourth-order valence-corrected chi connectivity index (χ4v) is 3.61. The molecule has 4 nitrogen and oxygen atoms in total. The van der Waals surface area contributed by atoms with Crippen LogP contribution in [0.4, 0.5) is 8.78 Å². The molecular formula is C21H22F2N4. The monoisotopic (exact) mass is 368 g/mol. The molecule has 2 N–H and O–H groups in total. The van der Waals surface area contributed by atoms with Gasteiger partial charge in [0.1, 0.15) is 11.6 Å². The molecule has 6 heteroatoms. The molecule has 0 saturated carbocycles. The van der Waals surface area contributed by atoms with E-state index < -0.39 is 11.6 Å². The number of halogens is 2. The predicted octanol–water partition coefficient (Wildman–Crippen LogP) is 3.72. The molecule has 3 aromatic rings. The van der Waals surface area contributed by atoms with Crippen molar-refractivity contribution in [2.45, 2.75) is 25.6 Å². The van der Waals surface area contributed by atoms with Gasteiger partial charge < -0.3 is 5.32 Å². The minimum Gasteiger partial charge on any atom is -0.308 e. The molecule has 2 heterocycles. The van der Waals surface area contributed by atoms with Gasteiger partial charge in [-0.1, -0.05) is 30.3 Å². The molecular weight excluding hydrogens is 346 g/mol. The molecule has 0 radical (unpaired) electrons. The highest BCUT2D eigenvalue weighted by atomic mass is 19.1. The highest BCUT2D eigenvalue weighted by Gasteiger charge is 2.22. The Hall–Kier alpha value is -2.57. The van der Waals surface area contributed by atoms with Crippen LogP contribution in [0.2, 0.25) is 0 Å². The molecule has 1 fully saturated rings. The van der Waals surface area contributed by atoms with Gasteiger partial charge in [-0.2, -0.15) is 5.10 Å². The molecule has 0 spiro atoms. The number of H-pyrrole nitrogens is 1. The van der Waals surface area contributed by atoms with Crippen LogP contribution in [0.3, 0.4) is 0 Å². The third-order valence-corrected chi connectivity index (χ3v) is 5.02. The highest BCUT2D eigenvalue weighted by molar-refractivity contribution is 5.63. The van der Waals surface area contributed by atoms with E-state index >= 15 is 0 Å². The summed E-state index contributed by atoms with van der Waals surface area (Å²) in [4.78, 5) is 2.43. The Bertz CT molecular complexity index is 894. The molecule has 2 aromatic carbocycles. The molecule has 1 atom stereocenters. The van der Waals surface area contributed by atoms with E-state index in [9.17, 15) is 8.78 Å². The first-order chi connectivity index (χ1) is 13.2. The van der Waals surface area contributed by atoms with Crippen LogP contribution in [0, 0.1) is 11.6 Å². The quantitative estimate of drug-likeness (QED) is 0.697. The Morgan fingerprint density at radius 2 is 2.00 bits per heavy atom. The van der Waals surface area contributed by atoms with Crippen LogP contribution in [0.1, 0.15) is 17.5 Å². The van der Waals surface area contributed by atoms with E-state index in [2.05, 4.69) is 44.7 Å². The number of nitrogens with one attached hydrogen (secondary N) is 2. The normalized spacial score (nSPS) is 17.5. The summed E-state index contributed by atoms with van der Waals surface area (Å²) in [6, 6.07) is 14.4. The number of nitrogens with zero attached hydrogens (tertiary/aromatic N) is 2. The first-order valence-electron chi connectivity index (χ1n) is 9.16. The van der Waals surface area contributed by atoms with Crippen LogP contribution in [0.25, 0.3) is 11.3 Å². The number of hydrogen-bond acceptors (Lipinski definition) is 3. The summed E-state index contributed by atoms with van der Waals surface area (Å²) in [5.41, 5.74) is 3.13. The summed E-state index contributed by atoms with van der Waals surface area (Å²) in [5.74, 6) is -1.17. The molecule has 0 unspecified atom stereocenters. The highest BCUT2D eigenvalue weighted by Crippen LogP contribution is 2.25. The molecule has 27 heavy (non-hydrogen) atoms. The van der Waals surface area contributed by atoms with Crippen LogP contribution >= 0.6 is 0 Å². The van der Waals surface area contributed by atoms with E-state index in [4.69, 9.17) is 0 Å². The van der Waals surface area contributed by atoms with Crippen molar-refractivity contribution in [3.8, 4) is 11.3 Å². The lowest BCUT2D eigenvalue weighted by Crippen LogP contribution is -2.32. The Labute approximate surface area is 157 Å². The number of benzene rings is 2. The molecule has 140 valence electrons. The second-order valence-electron chi connectivity index (χ2n) is 6.98. The zero-order chi connectivity index (χ0) is 18.6. The van der Waals surface area contributed by atoms with Crippen molar-refractivity contribution in [1.82, 2.24) is 20.4 Å². The van der Waals surface area contributed by atoms with Crippen molar-refractivity contribution < 1.29 is 8.78 Å². The summed E-state index contributed by atoms with van der Waals surface area (Å²) in [7, 11) is 0. The number of aromatic nitrogens is 2. The molecule has 0 bridgehead atoms. The fourth-order valence-electron chi connectivity index (χ4n) is 3.61. The molecule has 0 amide bonds. The van der Waals surface area contributed by atoms with Crippen LogP contribution in [0.15, 0.2) is 54.7 Å². The summed E-state index contributed by atoms with van der Waals surface area (Å²) in [6.07, 6.45) is 2.77. The Kier molecular flexibility index (Phi) is 5.27. The number of likely N-dealkylation sites (tertiary alicyclic amines) is 1. The van der Waals surface area contributed by atoms with Gasteiger partial charge in [0.25, 0.3) is 0 Å². The predicted molar refractivity (Wildman–Crippen MR) is 101 cm³/mol. The minimum atomic E-state index is -0.588. The maximum atomic E-state index is 14.1. The van der Waals surface area contributed by atoms with Crippen molar-refractivity contribution >= 4 is 0 Å². The lowest BCUT2D eigenvalue weighted by molar-refractivity contribution is 0.320.